The highest BCUT2D eigenvalue weighted by molar-refractivity contribution is 6.00. The van der Waals surface area contributed by atoms with Crippen molar-refractivity contribution in [2.45, 2.75) is 26.7 Å². The lowest BCUT2D eigenvalue weighted by Crippen LogP contribution is -2.21. The number of phenols is 1. The van der Waals surface area contributed by atoms with Gasteiger partial charge in [-0.2, -0.15) is 0 Å². The molecular formula is C21H23NO5. The molecule has 0 saturated heterocycles. The van der Waals surface area contributed by atoms with E-state index < -0.39 is 12.6 Å². The molecule has 0 heterocycles. The van der Waals surface area contributed by atoms with Crippen LogP contribution >= 0.6 is 0 Å². The third-order valence-electron chi connectivity index (χ3n) is 4.08. The molecule has 2 aromatic carbocycles. The fourth-order valence-electron chi connectivity index (χ4n) is 2.53. The Kier molecular flexibility index (Phi) is 7.11. The Bertz CT molecular complexity index is 827. The first-order valence-corrected chi connectivity index (χ1v) is 8.70. The van der Waals surface area contributed by atoms with Crippen LogP contribution in [0.4, 0.5) is 0 Å². The molecule has 0 aromatic heterocycles. The number of carbonyl (C=O) groups excluding carboxylic acids is 3. The number of rotatable bonds is 8. The van der Waals surface area contributed by atoms with Crippen molar-refractivity contribution in [3.8, 4) is 5.75 Å². The van der Waals surface area contributed by atoms with Gasteiger partial charge in [-0.15, -0.1) is 0 Å². The van der Waals surface area contributed by atoms with Gasteiger partial charge in [-0.25, -0.2) is 4.79 Å². The number of esters is 1. The van der Waals surface area contributed by atoms with Crippen LogP contribution in [0.15, 0.2) is 42.5 Å². The van der Waals surface area contributed by atoms with Crippen LogP contribution in [-0.4, -0.2) is 35.9 Å². The number of ketones is 1. The molecule has 2 rings (SSSR count). The molecule has 0 radical (unpaired) electrons. The summed E-state index contributed by atoms with van der Waals surface area (Å²) in [6.45, 7) is 3.37. The van der Waals surface area contributed by atoms with Gasteiger partial charge in [0.15, 0.2) is 12.4 Å². The van der Waals surface area contributed by atoms with Crippen molar-refractivity contribution in [1.29, 1.82) is 0 Å². The molecule has 0 atom stereocenters. The summed E-state index contributed by atoms with van der Waals surface area (Å²) >= 11 is 0. The molecule has 0 aliphatic carbocycles. The van der Waals surface area contributed by atoms with Crippen LogP contribution in [-0.2, 0) is 16.0 Å². The van der Waals surface area contributed by atoms with E-state index in [1.54, 1.807) is 31.2 Å². The topological polar surface area (TPSA) is 92.7 Å². The third kappa shape index (κ3) is 5.95. The lowest BCUT2D eigenvalue weighted by atomic mass is 10.1. The van der Waals surface area contributed by atoms with Gasteiger partial charge in [-0.1, -0.05) is 36.4 Å². The van der Waals surface area contributed by atoms with Crippen LogP contribution in [0.3, 0.4) is 0 Å². The molecule has 6 heteroatoms. The van der Waals surface area contributed by atoms with Crippen LogP contribution in [0.5, 0.6) is 5.75 Å². The second-order valence-corrected chi connectivity index (χ2v) is 6.25. The largest absolute Gasteiger partial charge is 0.507 e. The van der Waals surface area contributed by atoms with E-state index in [0.29, 0.717) is 17.7 Å². The Hall–Kier alpha value is -3.15. The number of para-hydroxylation sites is 1. The SMILES string of the molecule is CC(=O)NCCCc1ccc(C(=O)COC(=O)c2cccc(C)c2O)cc1. The smallest absolute Gasteiger partial charge is 0.342 e. The van der Waals surface area contributed by atoms with Gasteiger partial charge < -0.3 is 15.2 Å². The monoisotopic (exact) mass is 369 g/mol. The van der Waals surface area contributed by atoms with Gasteiger partial charge >= 0.3 is 5.97 Å². The molecule has 2 N–H and O–H groups in total. The first-order chi connectivity index (χ1) is 12.9. The van der Waals surface area contributed by atoms with Crippen molar-refractivity contribution in [2.24, 2.45) is 0 Å². The molecule has 0 unspecified atom stereocenters. The standard InChI is InChI=1S/C21H23NO5/c1-14-5-3-7-18(20(14)25)21(26)27-13-19(24)17-10-8-16(9-11-17)6-4-12-22-15(2)23/h3,5,7-11,25H,4,6,12-13H2,1-2H3,(H,22,23). The van der Waals surface area contributed by atoms with Crippen LogP contribution < -0.4 is 5.32 Å². The quantitative estimate of drug-likeness (QED) is 0.424. The van der Waals surface area contributed by atoms with Gasteiger partial charge in [0.25, 0.3) is 0 Å². The summed E-state index contributed by atoms with van der Waals surface area (Å²) in [4.78, 5) is 35.0. The summed E-state index contributed by atoms with van der Waals surface area (Å²) in [7, 11) is 0. The maximum absolute atomic E-state index is 12.2. The zero-order valence-electron chi connectivity index (χ0n) is 15.5. The predicted molar refractivity (Wildman–Crippen MR) is 101 cm³/mol. The normalized spacial score (nSPS) is 10.3. The Morgan fingerprint density at radius 3 is 2.44 bits per heavy atom. The van der Waals surface area contributed by atoms with Gasteiger partial charge in [0.2, 0.25) is 5.91 Å². The molecule has 0 aliphatic heterocycles. The highest BCUT2D eigenvalue weighted by Crippen LogP contribution is 2.22. The summed E-state index contributed by atoms with van der Waals surface area (Å²) in [5.41, 5.74) is 2.10. The number of aryl methyl sites for hydroxylation is 2. The highest BCUT2D eigenvalue weighted by Gasteiger charge is 2.16. The summed E-state index contributed by atoms with van der Waals surface area (Å²) in [5, 5.41) is 12.6. The molecule has 6 nitrogen and oxygen atoms in total. The number of aromatic hydroxyl groups is 1. The van der Waals surface area contributed by atoms with Gasteiger partial charge in [0.05, 0.1) is 0 Å². The highest BCUT2D eigenvalue weighted by atomic mass is 16.5. The van der Waals surface area contributed by atoms with E-state index in [2.05, 4.69) is 5.32 Å². The second-order valence-electron chi connectivity index (χ2n) is 6.25. The average Bonchev–Trinajstić information content (AvgIpc) is 2.65. The number of hydrogen-bond donors (Lipinski definition) is 2. The summed E-state index contributed by atoms with van der Waals surface area (Å²) in [6, 6.07) is 11.8. The molecule has 1 amide bonds. The molecule has 0 aliphatic rings. The summed E-state index contributed by atoms with van der Waals surface area (Å²) in [6.07, 6.45) is 1.60. The van der Waals surface area contributed by atoms with Crippen molar-refractivity contribution in [1.82, 2.24) is 5.32 Å². The average molecular weight is 369 g/mol. The number of hydrogen-bond acceptors (Lipinski definition) is 5. The van der Waals surface area contributed by atoms with E-state index in [9.17, 15) is 19.5 Å². The number of carbonyl (C=O) groups is 3. The van der Waals surface area contributed by atoms with Crippen molar-refractivity contribution in [3.05, 3.63) is 64.7 Å². The van der Waals surface area contributed by atoms with Gasteiger partial charge in [0.1, 0.15) is 11.3 Å². The molecule has 0 fully saturated rings. The number of nitrogens with one attached hydrogen (secondary N) is 1. The van der Waals surface area contributed by atoms with E-state index in [1.807, 2.05) is 12.1 Å². The second kappa shape index (κ2) is 9.52. The number of phenolic OH excluding ortho intramolecular Hbond substituents is 1. The molecule has 142 valence electrons. The van der Waals surface area contributed by atoms with E-state index in [1.165, 1.54) is 13.0 Å². The minimum Gasteiger partial charge on any atom is -0.507 e. The minimum atomic E-state index is -0.737. The molecular weight excluding hydrogens is 346 g/mol. The van der Waals surface area contributed by atoms with Crippen LogP contribution in [0.25, 0.3) is 0 Å². The van der Waals surface area contributed by atoms with Crippen molar-refractivity contribution < 1.29 is 24.2 Å². The first-order valence-electron chi connectivity index (χ1n) is 8.70. The van der Waals surface area contributed by atoms with E-state index >= 15 is 0 Å². The fraction of sp³-hybridized carbons (Fsp3) is 0.286. The molecule has 0 saturated carbocycles. The zero-order valence-corrected chi connectivity index (χ0v) is 15.5. The van der Waals surface area contributed by atoms with Crippen LogP contribution in [0.1, 0.15) is 45.2 Å². The summed E-state index contributed by atoms with van der Waals surface area (Å²) < 4.78 is 5.02. The van der Waals surface area contributed by atoms with E-state index in [0.717, 1.165) is 18.4 Å². The Morgan fingerprint density at radius 1 is 1.07 bits per heavy atom. The predicted octanol–water partition coefficient (Wildman–Crippen LogP) is 2.81. The third-order valence-corrected chi connectivity index (χ3v) is 4.08. The lowest BCUT2D eigenvalue weighted by molar-refractivity contribution is -0.118. The Balaban J connectivity index is 1.86. The van der Waals surface area contributed by atoms with Crippen molar-refractivity contribution >= 4 is 17.7 Å². The fourth-order valence-corrected chi connectivity index (χ4v) is 2.53. The van der Waals surface area contributed by atoms with Gasteiger partial charge in [-0.3, -0.25) is 9.59 Å². The van der Waals surface area contributed by atoms with E-state index in [4.69, 9.17) is 4.74 Å². The molecule has 27 heavy (non-hydrogen) atoms. The molecule has 0 bridgehead atoms. The number of ether oxygens (including phenoxy) is 1. The number of Topliss-reactive ketones (excluding diaryl/α,β-unsaturated/α-hetero) is 1. The number of benzene rings is 2. The Morgan fingerprint density at radius 2 is 1.78 bits per heavy atom. The van der Waals surface area contributed by atoms with Crippen molar-refractivity contribution in [2.75, 3.05) is 13.2 Å². The Labute approximate surface area is 158 Å². The van der Waals surface area contributed by atoms with Crippen LogP contribution in [0.2, 0.25) is 0 Å². The molecule has 0 spiro atoms. The first kappa shape index (κ1) is 20.2. The van der Waals surface area contributed by atoms with Crippen LogP contribution in [0, 0.1) is 6.92 Å². The summed E-state index contributed by atoms with van der Waals surface area (Å²) in [5.74, 6) is -1.25. The van der Waals surface area contributed by atoms with E-state index in [-0.39, 0.29) is 23.0 Å². The van der Waals surface area contributed by atoms with Gasteiger partial charge in [0, 0.05) is 19.0 Å². The maximum atomic E-state index is 12.2. The minimum absolute atomic E-state index is 0.0392. The maximum Gasteiger partial charge on any atom is 0.342 e. The van der Waals surface area contributed by atoms with Gasteiger partial charge in [-0.05, 0) is 37.0 Å². The lowest BCUT2D eigenvalue weighted by Gasteiger charge is -2.08. The molecule has 2 aromatic rings. The zero-order chi connectivity index (χ0) is 19.8. The number of amides is 1. The van der Waals surface area contributed by atoms with Crippen molar-refractivity contribution in [3.63, 3.8) is 0 Å².